The zero-order valence-corrected chi connectivity index (χ0v) is 26.6. The number of carbonyl (C=O) groups is 4. The van der Waals surface area contributed by atoms with E-state index in [0.717, 1.165) is 6.92 Å². The Hall–Kier alpha value is -3.32. The highest BCUT2D eigenvalue weighted by molar-refractivity contribution is 5.89. The highest BCUT2D eigenvalue weighted by Gasteiger charge is 2.80. The van der Waals surface area contributed by atoms with Crippen LogP contribution in [0.15, 0.2) is 41.5 Å². The van der Waals surface area contributed by atoms with Crippen molar-refractivity contribution in [3.63, 3.8) is 0 Å². The largest absolute Gasteiger partial charge is 0.462 e. The molecule has 2 saturated carbocycles. The normalized spacial score (nSPS) is 38.8. The second-order valence-corrected chi connectivity index (χ2v) is 13.5. The summed E-state index contributed by atoms with van der Waals surface area (Å²) in [6.07, 6.45) is -7.93. The number of benzene rings is 1. The number of rotatable bonds is 6. The Morgan fingerprint density at radius 2 is 1.56 bits per heavy atom. The highest BCUT2D eigenvalue weighted by Crippen LogP contribution is 2.68. The molecule has 3 aliphatic carbocycles. The first-order valence-electron chi connectivity index (χ1n) is 15.1. The summed E-state index contributed by atoms with van der Waals surface area (Å²) in [4.78, 5) is 52.1. The van der Waals surface area contributed by atoms with Gasteiger partial charge < -0.3 is 39.0 Å². The van der Waals surface area contributed by atoms with Gasteiger partial charge in [0.2, 0.25) is 0 Å². The van der Waals surface area contributed by atoms with Gasteiger partial charge in [-0.05, 0) is 50.5 Å². The quantitative estimate of drug-likeness (QED) is 0.237. The Kier molecular flexibility index (Phi) is 8.21. The Balaban J connectivity index is 1.90. The third-order valence-corrected chi connectivity index (χ3v) is 10.5. The van der Waals surface area contributed by atoms with Gasteiger partial charge in [0, 0.05) is 27.2 Å². The molecule has 0 amide bonds. The van der Waals surface area contributed by atoms with E-state index in [1.54, 1.807) is 44.2 Å². The van der Waals surface area contributed by atoms with E-state index in [1.807, 2.05) is 0 Å². The van der Waals surface area contributed by atoms with Crippen LogP contribution >= 0.6 is 0 Å². The van der Waals surface area contributed by atoms with Crippen molar-refractivity contribution >= 4 is 23.9 Å². The van der Waals surface area contributed by atoms with Gasteiger partial charge in [-0.2, -0.15) is 0 Å². The van der Waals surface area contributed by atoms with Crippen LogP contribution in [0.1, 0.15) is 71.7 Å². The van der Waals surface area contributed by atoms with Crippen molar-refractivity contribution in [2.45, 2.75) is 109 Å². The van der Waals surface area contributed by atoms with Crippen LogP contribution in [0.3, 0.4) is 0 Å². The van der Waals surface area contributed by atoms with E-state index in [4.69, 9.17) is 23.7 Å². The molecule has 0 bridgehead atoms. The molecule has 12 heteroatoms. The molecule has 12 nitrogen and oxygen atoms in total. The first kappa shape index (κ1) is 33.1. The minimum absolute atomic E-state index is 0.000130. The van der Waals surface area contributed by atoms with Gasteiger partial charge in [0.15, 0.2) is 5.60 Å². The van der Waals surface area contributed by atoms with Gasteiger partial charge in [-0.15, -0.1) is 0 Å². The first-order chi connectivity index (χ1) is 20.9. The van der Waals surface area contributed by atoms with Crippen molar-refractivity contribution in [1.82, 2.24) is 0 Å². The van der Waals surface area contributed by atoms with Crippen molar-refractivity contribution in [2.75, 3.05) is 6.61 Å². The van der Waals surface area contributed by atoms with Crippen molar-refractivity contribution in [3.05, 3.63) is 47.0 Å². The molecule has 1 aliphatic heterocycles. The molecule has 1 aromatic rings. The Labute approximate surface area is 261 Å². The fourth-order valence-electron chi connectivity index (χ4n) is 8.71. The molecule has 3 N–H and O–H groups in total. The lowest BCUT2D eigenvalue weighted by Gasteiger charge is -2.65. The van der Waals surface area contributed by atoms with Crippen LogP contribution in [0.4, 0.5) is 0 Å². The molecule has 0 aromatic heterocycles. The van der Waals surface area contributed by atoms with Crippen LogP contribution in [-0.2, 0) is 38.1 Å². The molecule has 1 saturated heterocycles. The molecule has 0 spiro atoms. The van der Waals surface area contributed by atoms with Crippen LogP contribution in [0.2, 0.25) is 0 Å². The molecule has 3 fully saturated rings. The third-order valence-electron chi connectivity index (χ3n) is 10.5. The number of aliphatic hydroxyl groups excluding tert-OH is 2. The van der Waals surface area contributed by atoms with Crippen molar-refractivity contribution in [2.24, 2.45) is 16.7 Å². The molecule has 1 heterocycles. The fourth-order valence-corrected chi connectivity index (χ4v) is 8.71. The fraction of sp³-hybridized carbons (Fsp3) is 0.636. The van der Waals surface area contributed by atoms with Crippen molar-refractivity contribution < 1.29 is 58.2 Å². The van der Waals surface area contributed by atoms with E-state index in [0.29, 0.717) is 5.57 Å². The van der Waals surface area contributed by atoms with Crippen LogP contribution in [0.5, 0.6) is 0 Å². The molecule has 0 unspecified atom stereocenters. The molecular weight excluding hydrogens is 588 g/mol. The summed E-state index contributed by atoms with van der Waals surface area (Å²) in [5.41, 5.74) is -6.04. The third kappa shape index (κ3) is 4.88. The first-order valence-corrected chi connectivity index (χ1v) is 15.1. The number of carbonyl (C=O) groups excluding carboxylic acids is 4. The number of esters is 4. The number of ether oxygens (including phenoxy) is 5. The minimum atomic E-state index is -1.80. The summed E-state index contributed by atoms with van der Waals surface area (Å²) < 4.78 is 30.3. The summed E-state index contributed by atoms with van der Waals surface area (Å²) in [6, 6.07) is 8.14. The van der Waals surface area contributed by atoms with Crippen LogP contribution in [0.25, 0.3) is 0 Å². The van der Waals surface area contributed by atoms with Crippen LogP contribution in [0, 0.1) is 16.7 Å². The minimum Gasteiger partial charge on any atom is -0.462 e. The summed E-state index contributed by atoms with van der Waals surface area (Å²) in [5.74, 6) is -4.09. The highest BCUT2D eigenvalue weighted by atomic mass is 16.6. The van der Waals surface area contributed by atoms with Gasteiger partial charge in [0.05, 0.1) is 40.6 Å². The maximum absolute atomic E-state index is 14.0. The molecule has 4 aliphatic rings. The summed E-state index contributed by atoms with van der Waals surface area (Å²) in [6.45, 7) is 9.64. The van der Waals surface area contributed by atoms with Gasteiger partial charge in [0.25, 0.3) is 0 Å². The number of fused-ring (bicyclic) bond motifs is 4. The van der Waals surface area contributed by atoms with Crippen molar-refractivity contribution in [3.8, 4) is 0 Å². The van der Waals surface area contributed by atoms with E-state index >= 15 is 0 Å². The van der Waals surface area contributed by atoms with Crippen LogP contribution in [-0.4, -0.2) is 93.6 Å². The second kappa shape index (κ2) is 11.2. The Bertz CT molecular complexity index is 1410. The smallest absolute Gasteiger partial charge is 0.338 e. The standard InChI is InChI=1S/C33H42O12/c1-16-21(37)14-32(30(5,6)40)24(16)25(38)27(43-18(3)35)31(7)22(42-17(2)34)13-23-33(15-41-23,45-19(4)36)26(31)28(32)44-29(39)20-11-9-8-10-12-20/h8-12,21-23,25-28,37-38,40H,13-15H2,1-7H3/t21-,22+,23-,25+,26+,27-,28+,31-,32-,33-/m0/s1. The number of hydrogen-bond acceptors (Lipinski definition) is 12. The van der Waals surface area contributed by atoms with Crippen LogP contribution < -0.4 is 0 Å². The second-order valence-electron chi connectivity index (χ2n) is 13.5. The van der Waals surface area contributed by atoms with Gasteiger partial charge in [0.1, 0.15) is 30.5 Å². The van der Waals surface area contributed by atoms with E-state index < -0.39 is 88.5 Å². The summed E-state index contributed by atoms with van der Waals surface area (Å²) >= 11 is 0. The lowest BCUT2D eigenvalue weighted by atomic mass is 9.49. The monoisotopic (exact) mass is 630 g/mol. The molecule has 246 valence electrons. The zero-order chi connectivity index (χ0) is 33.3. The van der Waals surface area contributed by atoms with E-state index in [9.17, 15) is 34.5 Å². The molecular formula is C33H42O12. The van der Waals surface area contributed by atoms with E-state index in [1.165, 1.54) is 27.7 Å². The Morgan fingerprint density at radius 1 is 0.933 bits per heavy atom. The molecule has 5 rings (SSSR count). The molecule has 45 heavy (non-hydrogen) atoms. The average Bonchev–Trinajstić information content (AvgIpc) is 3.18. The Morgan fingerprint density at radius 3 is 2.07 bits per heavy atom. The summed E-state index contributed by atoms with van der Waals surface area (Å²) in [7, 11) is 0. The SMILES string of the molecule is CC(=O)O[C@@H]1C[C@@H]2OC[C@@]2(OC(C)=O)[C@@H]2[C@@H](OC(=O)c3ccccc3)[C@]3(C(C)(C)O)C[C@H](O)C(C)=C3[C@@H](O)[C@H](OC(C)=O)[C@@]12C. The summed E-state index contributed by atoms with van der Waals surface area (Å²) in [5, 5.41) is 35.9. The molecule has 0 radical (unpaired) electrons. The number of hydrogen-bond donors (Lipinski definition) is 3. The maximum atomic E-state index is 14.0. The van der Waals surface area contributed by atoms with E-state index in [-0.39, 0.29) is 30.6 Å². The zero-order valence-electron chi connectivity index (χ0n) is 26.6. The lowest BCUT2D eigenvalue weighted by molar-refractivity contribution is -0.352. The number of aliphatic hydroxyl groups is 3. The lowest BCUT2D eigenvalue weighted by Crippen LogP contribution is -2.79. The topological polar surface area (TPSA) is 175 Å². The predicted octanol–water partition coefficient (Wildman–Crippen LogP) is 2.02. The molecule has 1 aromatic carbocycles. The van der Waals surface area contributed by atoms with Gasteiger partial charge in [-0.1, -0.05) is 25.1 Å². The average molecular weight is 631 g/mol. The maximum Gasteiger partial charge on any atom is 0.338 e. The van der Waals surface area contributed by atoms with Gasteiger partial charge >= 0.3 is 23.9 Å². The van der Waals surface area contributed by atoms with Crippen molar-refractivity contribution in [1.29, 1.82) is 0 Å². The molecule has 10 atom stereocenters. The van der Waals surface area contributed by atoms with E-state index in [2.05, 4.69) is 0 Å². The van der Waals surface area contributed by atoms with Gasteiger partial charge in [-0.25, -0.2) is 4.79 Å². The predicted molar refractivity (Wildman–Crippen MR) is 155 cm³/mol. The van der Waals surface area contributed by atoms with Gasteiger partial charge in [-0.3, -0.25) is 14.4 Å².